The van der Waals surface area contributed by atoms with E-state index in [0.29, 0.717) is 18.2 Å². The Morgan fingerprint density at radius 3 is 2.50 bits per heavy atom. The Hall–Kier alpha value is -2.01. The maximum absolute atomic E-state index is 11.9. The van der Waals surface area contributed by atoms with Crippen molar-refractivity contribution in [1.82, 2.24) is 5.16 Å². The van der Waals surface area contributed by atoms with Gasteiger partial charge in [0, 0.05) is 6.07 Å². The molecular formula is C20H26ClNO4. The van der Waals surface area contributed by atoms with E-state index in [2.05, 4.69) is 29.4 Å². The van der Waals surface area contributed by atoms with E-state index in [0.717, 1.165) is 18.4 Å². The van der Waals surface area contributed by atoms with Crippen LogP contribution in [0.25, 0.3) is 0 Å². The zero-order chi connectivity index (χ0) is 19.1. The summed E-state index contributed by atoms with van der Waals surface area (Å²) in [5, 5.41) is 3.91. The molecule has 2 rings (SSSR count). The Morgan fingerprint density at radius 1 is 1.23 bits per heavy atom. The van der Waals surface area contributed by atoms with Crippen LogP contribution in [0.2, 0.25) is 0 Å². The normalized spacial score (nSPS) is 13.5. The zero-order valence-electron chi connectivity index (χ0n) is 15.7. The summed E-state index contributed by atoms with van der Waals surface area (Å²) < 4.78 is 15.7. The third kappa shape index (κ3) is 5.49. The van der Waals surface area contributed by atoms with Gasteiger partial charge in [0.1, 0.15) is 5.92 Å². The van der Waals surface area contributed by atoms with Gasteiger partial charge < -0.3 is 14.0 Å². The van der Waals surface area contributed by atoms with Crippen molar-refractivity contribution in [2.24, 2.45) is 5.92 Å². The van der Waals surface area contributed by atoms with Crippen molar-refractivity contribution in [3.05, 3.63) is 47.2 Å². The van der Waals surface area contributed by atoms with Gasteiger partial charge >= 0.3 is 5.97 Å². The lowest BCUT2D eigenvalue weighted by atomic mass is 9.93. The molecule has 1 aromatic carbocycles. The molecular weight excluding hydrogens is 354 g/mol. The third-order valence-electron chi connectivity index (χ3n) is 4.23. The van der Waals surface area contributed by atoms with E-state index in [1.54, 1.807) is 6.07 Å². The Morgan fingerprint density at radius 2 is 1.92 bits per heavy atom. The largest absolute Gasteiger partial charge is 0.475 e. The van der Waals surface area contributed by atoms with Crippen LogP contribution in [0.15, 0.2) is 34.9 Å². The highest BCUT2D eigenvalue weighted by molar-refractivity contribution is 6.20. The van der Waals surface area contributed by atoms with Crippen LogP contribution in [-0.4, -0.2) is 24.8 Å². The first-order valence-electron chi connectivity index (χ1n) is 8.82. The molecule has 0 bridgehead atoms. The van der Waals surface area contributed by atoms with Crippen molar-refractivity contribution in [3.63, 3.8) is 0 Å². The number of nitrogens with zero attached hydrogens (tertiary/aromatic N) is 1. The van der Waals surface area contributed by atoms with Crippen LogP contribution >= 0.6 is 11.6 Å². The molecule has 2 unspecified atom stereocenters. The highest BCUT2D eigenvalue weighted by Crippen LogP contribution is 2.28. The molecule has 6 heteroatoms. The topological polar surface area (TPSA) is 61.6 Å². The molecule has 0 aliphatic rings. The minimum Gasteiger partial charge on any atom is -0.475 e. The fraction of sp³-hybridized carbons (Fsp3) is 0.500. The number of aryl methyl sites for hydroxylation is 1. The van der Waals surface area contributed by atoms with Crippen LogP contribution in [0.1, 0.15) is 55.4 Å². The average molecular weight is 380 g/mol. The summed E-state index contributed by atoms with van der Waals surface area (Å²) in [6, 6.07) is 9.95. The first kappa shape index (κ1) is 20.3. The second kappa shape index (κ2) is 9.62. The molecule has 2 atom stereocenters. The van der Waals surface area contributed by atoms with E-state index < -0.39 is 5.92 Å². The molecule has 0 spiro atoms. The molecule has 2 aromatic rings. The SMILES string of the molecule is COC(=O)C(c1cc(OCCCc2ccc(C(C)Cl)cc2)no1)C(C)C. The molecule has 1 heterocycles. The number of hydrogen-bond acceptors (Lipinski definition) is 5. The van der Waals surface area contributed by atoms with Gasteiger partial charge in [-0.3, -0.25) is 4.79 Å². The molecule has 0 fully saturated rings. The van der Waals surface area contributed by atoms with Crippen LogP contribution in [0.4, 0.5) is 0 Å². The summed E-state index contributed by atoms with van der Waals surface area (Å²) >= 11 is 6.06. The van der Waals surface area contributed by atoms with Crippen molar-refractivity contribution in [3.8, 4) is 5.88 Å². The number of carbonyl (C=O) groups excluding carboxylic acids is 1. The lowest BCUT2D eigenvalue weighted by molar-refractivity contribution is -0.144. The monoisotopic (exact) mass is 379 g/mol. The van der Waals surface area contributed by atoms with E-state index in [-0.39, 0.29) is 17.3 Å². The summed E-state index contributed by atoms with van der Waals surface area (Å²) in [5.74, 6) is 0.0838. The van der Waals surface area contributed by atoms with Crippen molar-refractivity contribution >= 4 is 17.6 Å². The number of methoxy groups -OCH3 is 1. The first-order valence-corrected chi connectivity index (χ1v) is 9.26. The van der Waals surface area contributed by atoms with E-state index in [9.17, 15) is 4.79 Å². The van der Waals surface area contributed by atoms with Gasteiger partial charge in [0.2, 0.25) is 0 Å². The third-order valence-corrected chi connectivity index (χ3v) is 4.49. The highest BCUT2D eigenvalue weighted by atomic mass is 35.5. The van der Waals surface area contributed by atoms with Crippen LogP contribution in [0.3, 0.4) is 0 Å². The summed E-state index contributed by atoms with van der Waals surface area (Å²) in [6.07, 6.45) is 1.75. The maximum Gasteiger partial charge on any atom is 0.316 e. The second-order valence-electron chi connectivity index (χ2n) is 6.62. The molecule has 0 aliphatic heterocycles. The van der Waals surface area contributed by atoms with Crippen LogP contribution in [-0.2, 0) is 16.0 Å². The molecule has 0 saturated carbocycles. The van der Waals surface area contributed by atoms with Crippen LogP contribution in [0.5, 0.6) is 5.88 Å². The lowest BCUT2D eigenvalue weighted by Gasteiger charge is -2.14. The Balaban J connectivity index is 1.83. The second-order valence-corrected chi connectivity index (χ2v) is 7.28. The van der Waals surface area contributed by atoms with Crippen LogP contribution < -0.4 is 4.74 Å². The fourth-order valence-corrected chi connectivity index (χ4v) is 2.88. The maximum atomic E-state index is 11.9. The molecule has 142 valence electrons. The van der Waals surface area contributed by atoms with Crippen molar-refractivity contribution < 1.29 is 18.8 Å². The number of benzene rings is 1. The zero-order valence-corrected chi connectivity index (χ0v) is 16.5. The van der Waals surface area contributed by atoms with Crippen molar-refractivity contribution in [2.75, 3.05) is 13.7 Å². The van der Waals surface area contributed by atoms with Gasteiger partial charge in [-0.15, -0.1) is 11.6 Å². The molecule has 5 nitrogen and oxygen atoms in total. The van der Waals surface area contributed by atoms with Crippen molar-refractivity contribution in [1.29, 1.82) is 0 Å². The molecule has 0 N–H and O–H groups in total. The number of rotatable bonds is 9. The average Bonchev–Trinajstić information content (AvgIpc) is 3.07. The number of alkyl halides is 1. The van der Waals surface area contributed by atoms with E-state index in [4.69, 9.17) is 25.6 Å². The quantitative estimate of drug-likeness (QED) is 0.352. The van der Waals surface area contributed by atoms with Gasteiger partial charge in [-0.1, -0.05) is 38.1 Å². The predicted molar refractivity (Wildman–Crippen MR) is 101 cm³/mol. The molecule has 1 aromatic heterocycles. The Labute approximate surface area is 159 Å². The van der Waals surface area contributed by atoms with Crippen molar-refractivity contribution in [2.45, 2.75) is 44.9 Å². The van der Waals surface area contributed by atoms with E-state index >= 15 is 0 Å². The van der Waals surface area contributed by atoms with E-state index in [1.165, 1.54) is 12.7 Å². The Kier molecular flexibility index (Phi) is 7.51. The van der Waals surface area contributed by atoms with Crippen LogP contribution in [0, 0.1) is 5.92 Å². The summed E-state index contributed by atoms with van der Waals surface area (Å²) in [5.41, 5.74) is 2.35. The number of carbonyl (C=O) groups is 1. The standard InChI is InChI=1S/C20H26ClNO4/c1-13(2)19(20(23)24-4)17-12-18(22-26-17)25-11-5-6-15-7-9-16(10-8-15)14(3)21/h7-10,12-14,19H,5-6,11H2,1-4H3. The smallest absolute Gasteiger partial charge is 0.316 e. The lowest BCUT2D eigenvalue weighted by Crippen LogP contribution is -2.19. The summed E-state index contributed by atoms with van der Waals surface area (Å²) in [6.45, 7) is 6.34. The van der Waals surface area contributed by atoms with Gasteiger partial charge in [0.15, 0.2) is 5.76 Å². The number of hydrogen-bond donors (Lipinski definition) is 0. The minimum atomic E-state index is -0.479. The van der Waals surface area contributed by atoms with Gasteiger partial charge in [0.25, 0.3) is 5.88 Å². The number of esters is 1. The van der Waals surface area contributed by atoms with Gasteiger partial charge in [-0.2, -0.15) is 0 Å². The first-order chi connectivity index (χ1) is 12.4. The summed E-state index contributed by atoms with van der Waals surface area (Å²) in [7, 11) is 1.37. The highest BCUT2D eigenvalue weighted by Gasteiger charge is 2.29. The van der Waals surface area contributed by atoms with Gasteiger partial charge in [0.05, 0.1) is 19.1 Å². The fourth-order valence-electron chi connectivity index (χ4n) is 2.73. The summed E-state index contributed by atoms with van der Waals surface area (Å²) in [4.78, 5) is 11.9. The number of ether oxygens (including phenoxy) is 2. The molecule has 0 radical (unpaired) electrons. The van der Waals surface area contributed by atoms with E-state index in [1.807, 2.05) is 20.8 Å². The van der Waals surface area contributed by atoms with Gasteiger partial charge in [-0.05, 0) is 42.0 Å². The molecule has 26 heavy (non-hydrogen) atoms. The molecule has 0 saturated heterocycles. The molecule has 0 amide bonds. The number of aromatic nitrogens is 1. The number of halogens is 1. The minimum absolute atomic E-state index is 0.0217. The van der Waals surface area contributed by atoms with Gasteiger partial charge in [-0.25, -0.2) is 0 Å². The molecule has 0 aliphatic carbocycles. The Bertz CT molecular complexity index is 694. The predicted octanol–water partition coefficient (Wildman–Crippen LogP) is 4.90.